The second-order valence-corrected chi connectivity index (χ2v) is 9.81. The van der Waals surface area contributed by atoms with Gasteiger partial charge in [-0.1, -0.05) is 30.0 Å². The molecule has 176 valence electrons. The number of carbonyl (C=O) groups is 3. The van der Waals surface area contributed by atoms with Crippen LogP contribution in [0.5, 0.6) is 0 Å². The number of nitrogens with zero attached hydrogens (tertiary/aromatic N) is 3. The Hall–Kier alpha value is -3.63. The molecule has 0 bridgehead atoms. The molecule has 5 rings (SSSR count). The van der Waals surface area contributed by atoms with Crippen LogP contribution < -0.4 is 5.32 Å². The number of nitrogens with one attached hydrogen (secondary N) is 1. The number of thiophene rings is 1. The quantitative estimate of drug-likeness (QED) is 0.487. The molecule has 2 amide bonds. The largest absolute Gasteiger partial charge is 0.351 e. The highest BCUT2D eigenvalue weighted by Crippen LogP contribution is 2.34. The van der Waals surface area contributed by atoms with E-state index in [-0.39, 0.29) is 29.8 Å². The molecule has 35 heavy (non-hydrogen) atoms. The highest BCUT2D eigenvalue weighted by atomic mass is 32.2. The Morgan fingerprint density at radius 2 is 1.89 bits per heavy atom. The van der Waals surface area contributed by atoms with Gasteiger partial charge in [0.2, 0.25) is 5.91 Å². The minimum atomic E-state index is -0.877. The first-order chi connectivity index (χ1) is 17.0. The van der Waals surface area contributed by atoms with Crippen molar-refractivity contribution < 1.29 is 18.8 Å². The van der Waals surface area contributed by atoms with E-state index in [1.165, 1.54) is 29.2 Å². The lowest BCUT2D eigenvalue weighted by atomic mass is 10.1. The SMILES string of the molecule is O=C(CC1N=C2c3ccccc3N=C(SCC(=O)c3ccc(F)cc3)N2C1=O)NCc1cccs1. The number of thioether (sulfide) groups is 1. The van der Waals surface area contributed by atoms with Gasteiger partial charge in [-0.25, -0.2) is 14.3 Å². The van der Waals surface area contributed by atoms with Crippen molar-refractivity contribution in [2.24, 2.45) is 9.98 Å². The van der Waals surface area contributed by atoms with Crippen LogP contribution >= 0.6 is 23.1 Å². The number of halogens is 1. The number of amidine groups is 2. The Morgan fingerprint density at radius 1 is 1.09 bits per heavy atom. The van der Waals surface area contributed by atoms with E-state index >= 15 is 0 Å². The highest BCUT2D eigenvalue weighted by Gasteiger charge is 2.42. The predicted octanol–water partition coefficient (Wildman–Crippen LogP) is 4.17. The summed E-state index contributed by atoms with van der Waals surface area (Å²) in [5, 5.41) is 5.09. The summed E-state index contributed by atoms with van der Waals surface area (Å²) >= 11 is 2.65. The van der Waals surface area contributed by atoms with Gasteiger partial charge in [-0.3, -0.25) is 19.4 Å². The van der Waals surface area contributed by atoms with Gasteiger partial charge < -0.3 is 5.32 Å². The van der Waals surface area contributed by atoms with Crippen LogP contribution in [0.3, 0.4) is 0 Å². The summed E-state index contributed by atoms with van der Waals surface area (Å²) in [5.74, 6) is -0.834. The maximum atomic E-state index is 13.3. The van der Waals surface area contributed by atoms with E-state index in [2.05, 4.69) is 15.3 Å². The lowest BCUT2D eigenvalue weighted by molar-refractivity contribution is -0.128. The van der Waals surface area contributed by atoms with Crippen LogP contribution in [-0.2, 0) is 16.1 Å². The minimum absolute atomic E-state index is 0.00958. The molecule has 7 nitrogen and oxygen atoms in total. The molecule has 10 heteroatoms. The first-order valence-corrected chi connectivity index (χ1v) is 12.7. The molecule has 0 spiro atoms. The van der Waals surface area contributed by atoms with Gasteiger partial charge in [0, 0.05) is 16.0 Å². The molecule has 0 saturated heterocycles. The number of Topliss-reactive ketones (excluding diaryl/α,β-unsaturated/α-hetero) is 1. The summed E-state index contributed by atoms with van der Waals surface area (Å²) in [6.07, 6.45) is -0.0845. The summed E-state index contributed by atoms with van der Waals surface area (Å²) in [7, 11) is 0. The molecule has 0 aliphatic carbocycles. The van der Waals surface area contributed by atoms with E-state index in [1.54, 1.807) is 11.3 Å². The summed E-state index contributed by atoms with van der Waals surface area (Å²) in [5.41, 5.74) is 1.70. The van der Waals surface area contributed by atoms with Crippen molar-refractivity contribution in [3.05, 3.63) is 87.9 Å². The van der Waals surface area contributed by atoms with E-state index in [9.17, 15) is 18.8 Å². The maximum Gasteiger partial charge on any atom is 0.259 e. The number of para-hydroxylation sites is 1. The van der Waals surface area contributed by atoms with Gasteiger partial charge in [0.15, 0.2) is 11.0 Å². The minimum Gasteiger partial charge on any atom is -0.351 e. The second kappa shape index (κ2) is 9.93. The number of aliphatic imine (C=N–C) groups is 2. The Kier molecular flexibility index (Phi) is 6.56. The Bertz CT molecular complexity index is 1350. The molecule has 1 unspecified atom stereocenters. The van der Waals surface area contributed by atoms with E-state index in [4.69, 9.17) is 0 Å². The number of hydrogen-bond acceptors (Lipinski definition) is 7. The molecule has 1 atom stereocenters. The summed E-state index contributed by atoms with van der Waals surface area (Å²) in [6.45, 7) is 0.397. The van der Waals surface area contributed by atoms with E-state index in [0.29, 0.717) is 34.4 Å². The first-order valence-electron chi connectivity index (χ1n) is 10.8. The molecule has 2 aromatic carbocycles. The highest BCUT2D eigenvalue weighted by molar-refractivity contribution is 8.14. The van der Waals surface area contributed by atoms with Gasteiger partial charge in [-0.15, -0.1) is 11.3 Å². The summed E-state index contributed by atoms with van der Waals surface area (Å²) in [6, 6.07) is 15.6. The van der Waals surface area contributed by atoms with Crippen molar-refractivity contribution >= 4 is 57.4 Å². The number of rotatable bonds is 7. The van der Waals surface area contributed by atoms with Crippen LogP contribution in [0.4, 0.5) is 10.1 Å². The van der Waals surface area contributed by atoms with Gasteiger partial charge in [0.25, 0.3) is 5.91 Å². The van der Waals surface area contributed by atoms with E-state index in [1.807, 2.05) is 41.8 Å². The average molecular weight is 507 g/mol. The van der Waals surface area contributed by atoms with Gasteiger partial charge in [0.05, 0.1) is 24.4 Å². The Balaban J connectivity index is 1.33. The average Bonchev–Trinajstić information content (AvgIpc) is 3.50. The second-order valence-electron chi connectivity index (χ2n) is 7.83. The van der Waals surface area contributed by atoms with Crippen molar-refractivity contribution in [1.82, 2.24) is 10.2 Å². The lowest BCUT2D eigenvalue weighted by Gasteiger charge is -2.25. The first kappa shape index (κ1) is 23.1. The fourth-order valence-electron chi connectivity index (χ4n) is 3.73. The van der Waals surface area contributed by atoms with Gasteiger partial charge >= 0.3 is 0 Å². The number of benzene rings is 2. The number of hydrogen-bond donors (Lipinski definition) is 1. The fraction of sp³-hybridized carbons (Fsp3) is 0.160. The zero-order valence-electron chi connectivity index (χ0n) is 18.3. The van der Waals surface area contributed by atoms with Crippen molar-refractivity contribution in [2.45, 2.75) is 19.0 Å². The number of ketones is 1. The number of carbonyl (C=O) groups excluding carboxylic acids is 3. The molecule has 0 saturated carbocycles. The van der Waals surface area contributed by atoms with Crippen LogP contribution in [-0.4, -0.2) is 45.3 Å². The van der Waals surface area contributed by atoms with Crippen LogP contribution in [0.1, 0.15) is 27.2 Å². The third kappa shape index (κ3) is 4.94. The van der Waals surface area contributed by atoms with Crippen LogP contribution in [0.25, 0.3) is 0 Å². The number of fused-ring (bicyclic) bond motifs is 3. The molecule has 1 N–H and O–H groups in total. The molecule has 3 aromatic rings. The molecular formula is C25H19FN4O3S2. The van der Waals surface area contributed by atoms with Crippen LogP contribution in [0.2, 0.25) is 0 Å². The van der Waals surface area contributed by atoms with Crippen molar-refractivity contribution in [1.29, 1.82) is 0 Å². The Morgan fingerprint density at radius 3 is 2.66 bits per heavy atom. The van der Waals surface area contributed by atoms with Gasteiger partial charge in [-0.05, 0) is 47.8 Å². The standard InChI is InChI=1S/C25H19FN4O3S2/c26-16-9-7-15(8-10-16)21(31)14-35-25-29-19-6-2-1-5-18(19)23-28-20(24(33)30(23)25)12-22(32)27-13-17-4-3-11-34-17/h1-11,20H,12-14H2,(H,27,32). The van der Waals surface area contributed by atoms with Gasteiger partial charge in [0.1, 0.15) is 17.7 Å². The molecule has 2 aliphatic heterocycles. The Labute approximate surface area is 208 Å². The number of amides is 2. The van der Waals surface area contributed by atoms with E-state index in [0.717, 1.165) is 16.6 Å². The van der Waals surface area contributed by atoms with Crippen molar-refractivity contribution in [3.8, 4) is 0 Å². The topological polar surface area (TPSA) is 91.2 Å². The summed E-state index contributed by atoms with van der Waals surface area (Å²) < 4.78 is 13.2. The zero-order valence-corrected chi connectivity index (χ0v) is 19.9. The molecule has 2 aliphatic rings. The third-order valence-electron chi connectivity index (χ3n) is 5.46. The van der Waals surface area contributed by atoms with E-state index < -0.39 is 11.9 Å². The van der Waals surface area contributed by atoms with Crippen molar-refractivity contribution in [3.63, 3.8) is 0 Å². The third-order valence-corrected chi connectivity index (χ3v) is 7.28. The van der Waals surface area contributed by atoms with Gasteiger partial charge in [-0.2, -0.15) is 0 Å². The normalized spacial score (nSPS) is 16.3. The molecule has 1 aromatic heterocycles. The smallest absolute Gasteiger partial charge is 0.259 e. The monoisotopic (exact) mass is 506 g/mol. The molecule has 0 radical (unpaired) electrons. The maximum absolute atomic E-state index is 13.3. The fourth-order valence-corrected chi connectivity index (χ4v) is 5.27. The molecular weight excluding hydrogens is 487 g/mol. The van der Waals surface area contributed by atoms with Crippen LogP contribution in [0, 0.1) is 5.82 Å². The van der Waals surface area contributed by atoms with Crippen molar-refractivity contribution in [2.75, 3.05) is 5.75 Å². The zero-order chi connectivity index (χ0) is 24.4. The molecule has 3 heterocycles. The molecule has 0 fully saturated rings. The predicted molar refractivity (Wildman–Crippen MR) is 135 cm³/mol. The van der Waals surface area contributed by atoms with Crippen LogP contribution in [0.15, 0.2) is 76.0 Å². The lowest BCUT2D eigenvalue weighted by Crippen LogP contribution is -2.42. The summed E-state index contributed by atoms with van der Waals surface area (Å²) in [4.78, 5) is 50.0.